The Kier molecular flexibility index (Phi) is 7.91. The molecule has 3 aromatic rings. The summed E-state index contributed by atoms with van der Waals surface area (Å²) < 4.78 is 7.48. The second-order valence-electron chi connectivity index (χ2n) is 8.28. The number of aromatic nitrogens is 3. The van der Waals surface area contributed by atoms with E-state index in [-0.39, 0.29) is 6.03 Å². The van der Waals surface area contributed by atoms with Crippen molar-refractivity contribution in [3.8, 4) is 5.69 Å². The van der Waals surface area contributed by atoms with Crippen molar-refractivity contribution in [3.63, 3.8) is 0 Å². The average Bonchev–Trinajstić information content (AvgIpc) is 3.22. The number of rotatable bonds is 9. The Morgan fingerprint density at radius 1 is 1.09 bits per heavy atom. The molecule has 8 heteroatoms. The highest BCUT2D eigenvalue weighted by molar-refractivity contribution is 5.74. The van der Waals surface area contributed by atoms with Crippen LogP contribution in [0.25, 0.3) is 16.9 Å². The molecule has 1 aliphatic rings. The van der Waals surface area contributed by atoms with Crippen molar-refractivity contribution < 1.29 is 9.53 Å². The van der Waals surface area contributed by atoms with Crippen molar-refractivity contribution in [1.29, 1.82) is 0 Å². The van der Waals surface area contributed by atoms with Gasteiger partial charge in [0.1, 0.15) is 11.3 Å². The number of pyridine rings is 1. The molecule has 0 saturated carbocycles. The first-order valence-corrected chi connectivity index (χ1v) is 11.9. The van der Waals surface area contributed by atoms with E-state index < -0.39 is 0 Å². The number of carbonyl (C=O) groups is 1. The molecule has 33 heavy (non-hydrogen) atoms. The van der Waals surface area contributed by atoms with Crippen LogP contribution < -0.4 is 5.32 Å². The first-order chi connectivity index (χ1) is 16.2. The van der Waals surface area contributed by atoms with Gasteiger partial charge in [-0.15, -0.1) is 0 Å². The number of aryl methyl sites for hydroxylation is 1. The third kappa shape index (κ3) is 5.69. The number of piperazine rings is 1. The van der Waals surface area contributed by atoms with Crippen LogP contribution in [-0.4, -0.2) is 76.3 Å². The maximum Gasteiger partial charge on any atom is 0.317 e. The number of benzene rings is 1. The van der Waals surface area contributed by atoms with Crippen molar-refractivity contribution in [2.45, 2.75) is 33.2 Å². The van der Waals surface area contributed by atoms with E-state index in [1.165, 1.54) is 5.56 Å². The third-order valence-electron chi connectivity index (χ3n) is 6.06. The molecule has 1 fully saturated rings. The average molecular weight is 451 g/mol. The predicted molar refractivity (Wildman–Crippen MR) is 130 cm³/mol. The summed E-state index contributed by atoms with van der Waals surface area (Å²) in [6, 6.07) is 12.6. The fourth-order valence-corrected chi connectivity index (χ4v) is 4.15. The molecule has 0 atom stereocenters. The number of urea groups is 1. The van der Waals surface area contributed by atoms with E-state index in [0.29, 0.717) is 32.8 Å². The van der Waals surface area contributed by atoms with E-state index >= 15 is 0 Å². The molecular formula is C25H34N6O2. The van der Waals surface area contributed by atoms with Crippen LogP contribution in [-0.2, 0) is 17.7 Å². The molecule has 0 spiro atoms. The predicted octanol–water partition coefficient (Wildman–Crippen LogP) is 3.24. The largest absolute Gasteiger partial charge is 0.382 e. The second kappa shape index (κ2) is 11.2. The van der Waals surface area contributed by atoms with E-state index in [0.717, 1.165) is 55.2 Å². The van der Waals surface area contributed by atoms with Gasteiger partial charge in [0.15, 0.2) is 5.65 Å². The Hall–Kier alpha value is -2.97. The number of nitrogens with one attached hydrogen (secondary N) is 1. The molecule has 0 unspecified atom stereocenters. The zero-order valence-corrected chi connectivity index (χ0v) is 19.7. The molecule has 1 aromatic carbocycles. The van der Waals surface area contributed by atoms with E-state index in [9.17, 15) is 4.79 Å². The van der Waals surface area contributed by atoms with E-state index in [1.54, 1.807) is 0 Å². The summed E-state index contributed by atoms with van der Waals surface area (Å²) in [6.07, 6.45) is 3.67. The van der Waals surface area contributed by atoms with E-state index in [1.807, 2.05) is 30.2 Å². The van der Waals surface area contributed by atoms with Crippen molar-refractivity contribution in [1.82, 2.24) is 29.7 Å². The summed E-state index contributed by atoms with van der Waals surface area (Å²) in [4.78, 5) is 26.2. The van der Waals surface area contributed by atoms with Gasteiger partial charge >= 0.3 is 6.03 Å². The van der Waals surface area contributed by atoms with Crippen LogP contribution in [0.1, 0.15) is 31.7 Å². The summed E-state index contributed by atoms with van der Waals surface area (Å²) >= 11 is 0. The molecule has 1 aliphatic heterocycles. The monoisotopic (exact) mass is 450 g/mol. The molecule has 3 heterocycles. The van der Waals surface area contributed by atoms with Gasteiger partial charge in [-0.05, 0) is 49.6 Å². The highest BCUT2D eigenvalue weighted by Crippen LogP contribution is 2.22. The zero-order valence-electron chi connectivity index (χ0n) is 19.7. The topological polar surface area (TPSA) is 75.5 Å². The third-order valence-corrected chi connectivity index (χ3v) is 6.06. The molecule has 4 rings (SSSR count). The number of hydrogen-bond acceptors (Lipinski definition) is 5. The molecule has 0 aliphatic carbocycles. The summed E-state index contributed by atoms with van der Waals surface area (Å²) in [6.45, 7) is 9.95. The molecule has 1 N–H and O–H groups in total. The first kappa shape index (κ1) is 23.2. The lowest BCUT2D eigenvalue weighted by Crippen LogP contribution is -2.51. The Balaban J connectivity index is 1.40. The number of imidazole rings is 1. The zero-order chi connectivity index (χ0) is 23.0. The van der Waals surface area contributed by atoms with Crippen molar-refractivity contribution in [2.24, 2.45) is 0 Å². The number of ether oxygens (including phenoxy) is 1. The standard InChI is InChI=1S/C25H34N6O2/c1-3-20-8-10-21(11-9-20)31-23(28-22-7-5-12-26-24(22)31)19-29-14-16-30(17-15-29)25(32)27-13-6-18-33-4-2/h5,7-12H,3-4,6,13-19H2,1-2H3,(H,27,32). The molecule has 0 bridgehead atoms. The number of carbonyl (C=O) groups excluding carboxylic acids is 1. The summed E-state index contributed by atoms with van der Waals surface area (Å²) in [5.41, 5.74) is 4.16. The van der Waals surface area contributed by atoms with Crippen molar-refractivity contribution in [2.75, 3.05) is 45.9 Å². The molecule has 8 nitrogen and oxygen atoms in total. The van der Waals surface area contributed by atoms with Gasteiger partial charge in [-0.2, -0.15) is 0 Å². The highest BCUT2D eigenvalue weighted by atomic mass is 16.5. The van der Waals surface area contributed by atoms with Crippen LogP contribution in [0, 0.1) is 0 Å². The van der Waals surface area contributed by atoms with Gasteiger partial charge in [-0.1, -0.05) is 19.1 Å². The molecule has 1 saturated heterocycles. The molecule has 2 aromatic heterocycles. The fourth-order valence-electron chi connectivity index (χ4n) is 4.15. The molecular weight excluding hydrogens is 416 g/mol. The van der Waals surface area contributed by atoms with Gasteiger partial charge in [0, 0.05) is 57.8 Å². The lowest BCUT2D eigenvalue weighted by molar-refractivity contribution is 0.129. The Morgan fingerprint density at radius 2 is 1.88 bits per heavy atom. The minimum absolute atomic E-state index is 0.0126. The van der Waals surface area contributed by atoms with Gasteiger partial charge in [0.05, 0.1) is 6.54 Å². The molecule has 176 valence electrons. The van der Waals surface area contributed by atoms with Crippen molar-refractivity contribution >= 4 is 17.2 Å². The van der Waals surface area contributed by atoms with Gasteiger partial charge < -0.3 is 15.0 Å². The maximum absolute atomic E-state index is 12.4. The number of fused-ring (bicyclic) bond motifs is 1. The van der Waals surface area contributed by atoms with Gasteiger partial charge in [-0.25, -0.2) is 14.8 Å². The van der Waals surface area contributed by atoms with Gasteiger partial charge in [0.2, 0.25) is 0 Å². The Morgan fingerprint density at radius 3 is 2.61 bits per heavy atom. The smallest absolute Gasteiger partial charge is 0.317 e. The molecule has 2 amide bonds. The lowest BCUT2D eigenvalue weighted by Gasteiger charge is -2.34. The van der Waals surface area contributed by atoms with Crippen molar-refractivity contribution in [3.05, 3.63) is 54.0 Å². The first-order valence-electron chi connectivity index (χ1n) is 11.9. The van der Waals surface area contributed by atoms with Crippen LogP contribution in [0.4, 0.5) is 4.79 Å². The van der Waals surface area contributed by atoms with E-state index in [2.05, 4.69) is 51.0 Å². The quantitative estimate of drug-likeness (QED) is 0.507. The number of nitrogens with zero attached hydrogens (tertiary/aromatic N) is 5. The Labute approximate surface area is 195 Å². The summed E-state index contributed by atoms with van der Waals surface area (Å²) in [7, 11) is 0. The SMILES string of the molecule is CCOCCCNC(=O)N1CCN(Cc2nc3cccnc3n2-c2ccc(CC)cc2)CC1. The Bertz CT molecular complexity index is 1040. The van der Waals surface area contributed by atoms with Crippen LogP contribution in [0.3, 0.4) is 0 Å². The fraction of sp³-hybridized carbons (Fsp3) is 0.480. The van der Waals surface area contributed by atoms with Gasteiger partial charge in [-0.3, -0.25) is 9.47 Å². The maximum atomic E-state index is 12.4. The van der Waals surface area contributed by atoms with Gasteiger partial charge in [0.25, 0.3) is 0 Å². The molecule has 0 radical (unpaired) electrons. The van der Waals surface area contributed by atoms with Crippen LogP contribution in [0.2, 0.25) is 0 Å². The van der Waals surface area contributed by atoms with Crippen LogP contribution >= 0.6 is 0 Å². The normalized spacial score (nSPS) is 14.7. The minimum Gasteiger partial charge on any atom is -0.382 e. The summed E-state index contributed by atoms with van der Waals surface area (Å²) in [5, 5.41) is 3.00. The summed E-state index contributed by atoms with van der Waals surface area (Å²) in [5.74, 6) is 0.974. The highest BCUT2D eigenvalue weighted by Gasteiger charge is 2.23. The van der Waals surface area contributed by atoms with Crippen LogP contribution in [0.5, 0.6) is 0 Å². The second-order valence-corrected chi connectivity index (χ2v) is 8.28. The van der Waals surface area contributed by atoms with Crippen LogP contribution in [0.15, 0.2) is 42.6 Å². The number of hydrogen-bond donors (Lipinski definition) is 1. The lowest BCUT2D eigenvalue weighted by atomic mass is 10.1. The number of amides is 2. The minimum atomic E-state index is 0.0126. The van der Waals surface area contributed by atoms with E-state index in [4.69, 9.17) is 9.72 Å².